The Bertz CT molecular complexity index is 652. The van der Waals surface area contributed by atoms with Crippen LogP contribution in [0.25, 0.3) is 0 Å². The molecule has 3 aliphatic rings. The van der Waals surface area contributed by atoms with E-state index in [2.05, 4.69) is 15.5 Å². The van der Waals surface area contributed by atoms with Crippen LogP contribution in [0.15, 0.2) is 6.07 Å². The molecule has 0 radical (unpaired) electrons. The maximum absolute atomic E-state index is 13.3. The number of amides is 2. The zero-order valence-corrected chi connectivity index (χ0v) is 15.5. The minimum atomic E-state index is -0.0763. The van der Waals surface area contributed by atoms with Crippen molar-refractivity contribution in [2.75, 3.05) is 13.1 Å². The molecule has 0 unspecified atom stereocenters. The Morgan fingerprint density at radius 2 is 1.85 bits per heavy atom. The Balaban J connectivity index is 1.57. The fourth-order valence-corrected chi connectivity index (χ4v) is 4.51. The number of carbonyl (C=O) groups is 2. The molecular formula is C20H30N4O2. The number of aromatic nitrogens is 2. The molecule has 2 N–H and O–H groups in total. The molecule has 0 bridgehead atoms. The molecule has 1 aromatic heterocycles. The van der Waals surface area contributed by atoms with E-state index in [-0.39, 0.29) is 23.8 Å². The number of nitrogens with zero attached hydrogens (tertiary/aromatic N) is 2. The lowest BCUT2D eigenvalue weighted by molar-refractivity contribution is -0.128. The monoisotopic (exact) mass is 358 g/mol. The first kappa shape index (κ1) is 17.6. The van der Waals surface area contributed by atoms with Gasteiger partial charge >= 0.3 is 0 Å². The Morgan fingerprint density at radius 1 is 1.04 bits per heavy atom. The van der Waals surface area contributed by atoms with Crippen LogP contribution in [0.1, 0.15) is 86.3 Å². The van der Waals surface area contributed by atoms with E-state index < -0.39 is 0 Å². The van der Waals surface area contributed by atoms with Gasteiger partial charge in [-0.1, -0.05) is 25.7 Å². The highest BCUT2D eigenvalue weighted by Crippen LogP contribution is 2.39. The SMILES string of the molecule is O=C1NCCCCCCN(C(=O)c2cc(C3CC3)[nH]n2)[C@H]2CCCC[C@@H]12. The van der Waals surface area contributed by atoms with Gasteiger partial charge in [-0.2, -0.15) is 5.10 Å². The van der Waals surface area contributed by atoms with Gasteiger partial charge in [-0.25, -0.2) is 0 Å². The van der Waals surface area contributed by atoms with Gasteiger partial charge in [0.1, 0.15) is 5.69 Å². The average molecular weight is 358 g/mol. The fourth-order valence-electron chi connectivity index (χ4n) is 4.51. The largest absolute Gasteiger partial charge is 0.356 e. The zero-order valence-electron chi connectivity index (χ0n) is 15.5. The van der Waals surface area contributed by atoms with E-state index in [1.54, 1.807) is 0 Å². The first-order valence-corrected chi connectivity index (χ1v) is 10.4. The van der Waals surface area contributed by atoms with Gasteiger partial charge in [-0.05, 0) is 44.6 Å². The minimum Gasteiger partial charge on any atom is -0.356 e. The Morgan fingerprint density at radius 3 is 2.69 bits per heavy atom. The third-order valence-electron chi connectivity index (χ3n) is 6.19. The quantitative estimate of drug-likeness (QED) is 0.853. The van der Waals surface area contributed by atoms with Gasteiger partial charge in [0.2, 0.25) is 5.91 Å². The van der Waals surface area contributed by atoms with E-state index in [1.807, 2.05) is 11.0 Å². The first-order chi connectivity index (χ1) is 12.7. The van der Waals surface area contributed by atoms with Crippen LogP contribution in [-0.4, -0.2) is 46.0 Å². The van der Waals surface area contributed by atoms with Gasteiger partial charge in [0.25, 0.3) is 5.91 Å². The minimum absolute atomic E-state index is 0.00269. The van der Waals surface area contributed by atoms with Crippen molar-refractivity contribution in [2.24, 2.45) is 5.92 Å². The van der Waals surface area contributed by atoms with Crippen molar-refractivity contribution in [1.82, 2.24) is 20.4 Å². The number of H-pyrrole nitrogens is 1. The third kappa shape index (κ3) is 3.79. The number of fused-ring (bicyclic) bond motifs is 1. The van der Waals surface area contributed by atoms with Gasteiger partial charge in [0, 0.05) is 30.7 Å². The fraction of sp³-hybridized carbons (Fsp3) is 0.750. The molecule has 6 heteroatoms. The maximum Gasteiger partial charge on any atom is 0.274 e. The second kappa shape index (κ2) is 7.80. The zero-order chi connectivity index (χ0) is 17.9. The van der Waals surface area contributed by atoms with E-state index in [4.69, 9.17) is 0 Å². The number of carbonyl (C=O) groups excluding carboxylic acids is 2. The Kier molecular flexibility index (Phi) is 5.27. The molecule has 142 valence electrons. The summed E-state index contributed by atoms with van der Waals surface area (Å²) in [6.07, 6.45) is 10.6. The highest BCUT2D eigenvalue weighted by molar-refractivity contribution is 5.93. The molecule has 2 heterocycles. The third-order valence-corrected chi connectivity index (χ3v) is 6.19. The van der Waals surface area contributed by atoms with Crippen LogP contribution in [-0.2, 0) is 4.79 Å². The molecule has 6 nitrogen and oxygen atoms in total. The molecule has 1 saturated heterocycles. The van der Waals surface area contributed by atoms with E-state index in [0.717, 1.165) is 70.2 Å². The number of rotatable bonds is 2. The molecule has 2 aliphatic carbocycles. The van der Waals surface area contributed by atoms with Gasteiger partial charge in [-0.3, -0.25) is 14.7 Å². The summed E-state index contributed by atoms with van der Waals surface area (Å²) in [6, 6.07) is 1.94. The lowest BCUT2D eigenvalue weighted by atomic mass is 9.82. The standard InChI is InChI=1S/C20H30N4O2/c25-19-15-7-3-4-8-18(15)24(12-6-2-1-5-11-21-19)20(26)17-13-16(22-23-17)14-9-10-14/h13-15,18H,1-12H2,(H,21,25)(H,22,23)/t15-,18+/m1/s1. The molecule has 2 atom stereocenters. The van der Waals surface area contributed by atoms with Gasteiger partial charge in [0.05, 0.1) is 5.92 Å². The van der Waals surface area contributed by atoms with Crippen LogP contribution in [0.2, 0.25) is 0 Å². The number of hydrogen-bond acceptors (Lipinski definition) is 3. The van der Waals surface area contributed by atoms with E-state index in [0.29, 0.717) is 11.6 Å². The summed E-state index contributed by atoms with van der Waals surface area (Å²) >= 11 is 0. The molecule has 1 aliphatic heterocycles. The lowest BCUT2D eigenvalue weighted by Gasteiger charge is -2.39. The molecule has 26 heavy (non-hydrogen) atoms. The van der Waals surface area contributed by atoms with Crippen molar-refractivity contribution in [1.29, 1.82) is 0 Å². The van der Waals surface area contributed by atoms with Crippen LogP contribution in [0.3, 0.4) is 0 Å². The van der Waals surface area contributed by atoms with E-state index >= 15 is 0 Å². The van der Waals surface area contributed by atoms with Crippen LogP contribution < -0.4 is 5.32 Å². The van der Waals surface area contributed by atoms with Gasteiger partial charge < -0.3 is 10.2 Å². The van der Waals surface area contributed by atoms with Crippen molar-refractivity contribution in [3.8, 4) is 0 Å². The van der Waals surface area contributed by atoms with Crippen molar-refractivity contribution >= 4 is 11.8 Å². The molecule has 2 saturated carbocycles. The van der Waals surface area contributed by atoms with E-state index in [9.17, 15) is 9.59 Å². The number of hydrogen-bond donors (Lipinski definition) is 2. The molecule has 1 aromatic rings. The predicted octanol–water partition coefficient (Wildman–Crippen LogP) is 2.98. The van der Waals surface area contributed by atoms with Crippen molar-refractivity contribution in [3.05, 3.63) is 17.5 Å². The van der Waals surface area contributed by atoms with Crippen molar-refractivity contribution in [2.45, 2.75) is 76.2 Å². The summed E-state index contributed by atoms with van der Waals surface area (Å²) in [4.78, 5) is 28.0. The molecule has 3 fully saturated rings. The molecule has 0 spiro atoms. The van der Waals surface area contributed by atoms with Crippen molar-refractivity contribution < 1.29 is 9.59 Å². The summed E-state index contributed by atoms with van der Waals surface area (Å²) in [5, 5.41) is 10.5. The highest BCUT2D eigenvalue weighted by atomic mass is 16.2. The van der Waals surface area contributed by atoms with Crippen LogP contribution >= 0.6 is 0 Å². The van der Waals surface area contributed by atoms with Gasteiger partial charge in [-0.15, -0.1) is 0 Å². The normalized spacial score (nSPS) is 28.0. The smallest absolute Gasteiger partial charge is 0.274 e. The van der Waals surface area contributed by atoms with Crippen LogP contribution in [0.5, 0.6) is 0 Å². The number of nitrogens with one attached hydrogen (secondary N) is 2. The average Bonchev–Trinajstić information content (AvgIpc) is 3.40. The summed E-state index contributed by atoms with van der Waals surface area (Å²) in [5.74, 6) is 0.611. The maximum atomic E-state index is 13.3. The second-order valence-corrected chi connectivity index (χ2v) is 8.14. The van der Waals surface area contributed by atoms with Gasteiger partial charge in [0.15, 0.2) is 0 Å². The summed E-state index contributed by atoms with van der Waals surface area (Å²) in [6.45, 7) is 1.50. The second-order valence-electron chi connectivity index (χ2n) is 8.14. The van der Waals surface area contributed by atoms with Crippen LogP contribution in [0.4, 0.5) is 0 Å². The van der Waals surface area contributed by atoms with Crippen LogP contribution in [0, 0.1) is 5.92 Å². The molecular weight excluding hydrogens is 328 g/mol. The summed E-state index contributed by atoms with van der Waals surface area (Å²) in [7, 11) is 0. The topological polar surface area (TPSA) is 78.1 Å². The molecule has 4 rings (SSSR count). The summed E-state index contributed by atoms with van der Waals surface area (Å²) < 4.78 is 0. The molecule has 0 aromatic carbocycles. The summed E-state index contributed by atoms with van der Waals surface area (Å²) in [5.41, 5.74) is 1.61. The Labute approximate surface area is 155 Å². The number of aromatic amines is 1. The first-order valence-electron chi connectivity index (χ1n) is 10.4. The lowest BCUT2D eigenvalue weighted by Crippen LogP contribution is -2.51. The van der Waals surface area contributed by atoms with Crippen molar-refractivity contribution in [3.63, 3.8) is 0 Å². The highest BCUT2D eigenvalue weighted by Gasteiger charge is 2.38. The Hall–Kier alpha value is -1.85. The molecule has 2 amide bonds. The predicted molar refractivity (Wildman–Crippen MR) is 98.8 cm³/mol. The van der Waals surface area contributed by atoms with E-state index in [1.165, 1.54) is 12.8 Å².